The number of rotatable bonds is 12. The fraction of sp³-hybridized carbons (Fsp3) is 0.933. The van der Waals surface area contributed by atoms with E-state index >= 15 is 0 Å². The Labute approximate surface area is 112 Å². The van der Waals surface area contributed by atoms with Crippen molar-refractivity contribution in [2.45, 2.75) is 78.2 Å². The lowest BCUT2D eigenvalue weighted by molar-refractivity contribution is -0.151. The molecule has 0 aromatic carbocycles. The van der Waals surface area contributed by atoms with Gasteiger partial charge in [-0.1, -0.05) is 46.0 Å². The minimum atomic E-state index is -0.121. The maximum Gasteiger partial charge on any atom is 0.306 e. The molecule has 1 unspecified atom stereocenters. The second-order valence-electron chi connectivity index (χ2n) is 4.89. The van der Waals surface area contributed by atoms with Gasteiger partial charge in [0.2, 0.25) is 0 Å². The van der Waals surface area contributed by atoms with Crippen molar-refractivity contribution in [3.05, 3.63) is 0 Å². The molecule has 0 heterocycles. The van der Waals surface area contributed by atoms with Crippen LogP contribution in [0.15, 0.2) is 0 Å². The molecule has 0 bridgehead atoms. The molecule has 0 radical (unpaired) electrons. The molecular formula is C15H30O3. The lowest BCUT2D eigenvalue weighted by atomic mass is 10.1. The maximum atomic E-state index is 11.2. The topological polar surface area (TPSA) is 35.5 Å². The molecule has 1 atom stereocenters. The fourth-order valence-corrected chi connectivity index (χ4v) is 1.76. The standard InChI is InChI=1S/C15H30O3/c1-4-6-7-8-9-10-12-17-13-14(3)18-15(16)11-5-2/h14H,4-13H2,1-3H3. The number of hydrogen-bond donors (Lipinski definition) is 0. The third-order valence-corrected chi connectivity index (χ3v) is 2.78. The van der Waals surface area contributed by atoms with Crippen LogP contribution in [-0.4, -0.2) is 25.3 Å². The van der Waals surface area contributed by atoms with Crippen molar-refractivity contribution in [1.29, 1.82) is 0 Å². The van der Waals surface area contributed by atoms with Crippen LogP contribution in [-0.2, 0) is 14.3 Å². The SMILES string of the molecule is CCCCCCCCOCC(C)OC(=O)CCC. The van der Waals surface area contributed by atoms with E-state index in [4.69, 9.17) is 9.47 Å². The maximum absolute atomic E-state index is 11.2. The molecule has 18 heavy (non-hydrogen) atoms. The molecule has 0 fully saturated rings. The Bertz CT molecular complexity index is 192. The minimum absolute atomic E-state index is 0.117. The van der Waals surface area contributed by atoms with Gasteiger partial charge in [-0.25, -0.2) is 0 Å². The van der Waals surface area contributed by atoms with Crippen molar-refractivity contribution in [3.63, 3.8) is 0 Å². The van der Waals surface area contributed by atoms with Crippen LogP contribution in [0.25, 0.3) is 0 Å². The Kier molecular flexibility index (Phi) is 12.5. The van der Waals surface area contributed by atoms with Gasteiger partial charge < -0.3 is 9.47 Å². The Balaban J connectivity index is 3.24. The van der Waals surface area contributed by atoms with E-state index in [1.165, 1.54) is 32.1 Å². The molecule has 0 saturated carbocycles. The number of hydrogen-bond acceptors (Lipinski definition) is 3. The quantitative estimate of drug-likeness (QED) is 0.390. The predicted molar refractivity (Wildman–Crippen MR) is 74.7 cm³/mol. The van der Waals surface area contributed by atoms with E-state index in [9.17, 15) is 4.79 Å². The van der Waals surface area contributed by atoms with Gasteiger partial charge in [-0.3, -0.25) is 4.79 Å². The van der Waals surface area contributed by atoms with E-state index in [0.717, 1.165) is 19.4 Å². The van der Waals surface area contributed by atoms with E-state index in [0.29, 0.717) is 13.0 Å². The normalized spacial score (nSPS) is 12.4. The van der Waals surface area contributed by atoms with Crippen molar-refractivity contribution >= 4 is 5.97 Å². The van der Waals surface area contributed by atoms with Gasteiger partial charge in [0.05, 0.1) is 6.61 Å². The third kappa shape index (κ3) is 11.9. The van der Waals surface area contributed by atoms with Crippen LogP contribution in [0.2, 0.25) is 0 Å². The van der Waals surface area contributed by atoms with Crippen LogP contribution in [0.3, 0.4) is 0 Å². The van der Waals surface area contributed by atoms with Crippen LogP contribution in [0.4, 0.5) is 0 Å². The summed E-state index contributed by atoms with van der Waals surface area (Å²) < 4.78 is 10.7. The molecular weight excluding hydrogens is 228 g/mol. The van der Waals surface area contributed by atoms with Gasteiger partial charge in [-0.2, -0.15) is 0 Å². The van der Waals surface area contributed by atoms with Gasteiger partial charge >= 0.3 is 5.97 Å². The smallest absolute Gasteiger partial charge is 0.306 e. The van der Waals surface area contributed by atoms with Crippen LogP contribution < -0.4 is 0 Å². The molecule has 0 amide bonds. The van der Waals surface area contributed by atoms with Crippen molar-refractivity contribution in [2.24, 2.45) is 0 Å². The number of esters is 1. The van der Waals surface area contributed by atoms with Crippen LogP contribution in [0.5, 0.6) is 0 Å². The average molecular weight is 258 g/mol. The van der Waals surface area contributed by atoms with Gasteiger partial charge in [0, 0.05) is 13.0 Å². The molecule has 3 nitrogen and oxygen atoms in total. The summed E-state index contributed by atoms with van der Waals surface area (Å²) in [5, 5.41) is 0. The lowest BCUT2D eigenvalue weighted by Gasteiger charge is -2.13. The second kappa shape index (κ2) is 12.9. The summed E-state index contributed by atoms with van der Waals surface area (Å²) in [5.41, 5.74) is 0. The number of carbonyl (C=O) groups excluding carboxylic acids is 1. The average Bonchev–Trinajstić information content (AvgIpc) is 2.32. The number of unbranched alkanes of at least 4 members (excludes halogenated alkanes) is 5. The third-order valence-electron chi connectivity index (χ3n) is 2.78. The lowest BCUT2D eigenvalue weighted by Crippen LogP contribution is -2.20. The monoisotopic (exact) mass is 258 g/mol. The summed E-state index contributed by atoms with van der Waals surface area (Å²) in [4.78, 5) is 11.2. The Morgan fingerprint density at radius 1 is 1.00 bits per heavy atom. The summed E-state index contributed by atoms with van der Waals surface area (Å²) in [7, 11) is 0. The highest BCUT2D eigenvalue weighted by molar-refractivity contribution is 5.69. The van der Waals surface area contributed by atoms with Crippen molar-refractivity contribution in [2.75, 3.05) is 13.2 Å². The van der Waals surface area contributed by atoms with Crippen molar-refractivity contribution in [1.82, 2.24) is 0 Å². The molecule has 0 aromatic rings. The van der Waals surface area contributed by atoms with E-state index in [1.54, 1.807) is 0 Å². The van der Waals surface area contributed by atoms with Gasteiger partial charge in [0.15, 0.2) is 0 Å². The highest BCUT2D eigenvalue weighted by Gasteiger charge is 2.08. The molecule has 0 spiro atoms. The van der Waals surface area contributed by atoms with E-state index in [2.05, 4.69) is 6.92 Å². The van der Waals surface area contributed by atoms with Gasteiger partial charge in [-0.15, -0.1) is 0 Å². The Morgan fingerprint density at radius 3 is 2.33 bits per heavy atom. The summed E-state index contributed by atoms with van der Waals surface area (Å²) in [6.45, 7) is 7.38. The summed E-state index contributed by atoms with van der Waals surface area (Å²) in [5.74, 6) is -0.117. The number of ether oxygens (including phenoxy) is 2. The first-order valence-corrected chi connectivity index (χ1v) is 7.47. The predicted octanol–water partition coefficient (Wildman–Crippen LogP) is 4.10. The Hall–Kier alpha value is -0.570. The molecule has 0 aliphatic rings. The minimum Gasteiger partial charge on any atom is -0.460 e. The molecule has 0 aromatic heterocycles. The van der Waals surface area contributed by atoms with Crippen LogP contribution >= 0.6 is 0 Å². The molecule has 0 rings (SSSR count). The first-order chi connectivity index (χ1) is 8.70. The first-order valence-electron chi connectivity index (χ1n) is 7.47. The van der Waals surface area contributed by atoms with Crippen LogP contribution in [0, 0.1) is 0 Å². The highest BCUT2D eigenvalue weighted by atomic mass is 16.6. The molecule has 3 heteroatoms. The zero-order valence-electron chi connectivity index (χ0n) is 12.4. The molecule has 0 aliphatic carbocycles. The molecule has 0 N–H and O–H groups in total. The summed E-state index contributed by atoms with van der Waals surface area (Å²) in [6, 6.07) is 0. The van der Waals surface area contributed by atoms with Gasteiger partial charge in [0.25, 0.3) is 0 Å². The second-order valence-corrected chi connectivity index (χ2v) is 4.89. The van der Waals surface area contributed by atoms with Crippen LogP contribution in [0.1, 0.15) is 72.1 Å². The fourth-order valence-electron chi connectivity index (χ4n) is 1.76. The largest absolute Gasteiger partial charge is 0.460 e. The first kappa shape index (κ1) is 17.4. The van der Waals surface area contributed by atoms with Gasteiger partial charge in [-0.05, 0) is 19.8 Å². The molecule has 108 valence electrons. The van der Waals surface area contributed by atoms with E-state index in [1.807, 2.05) is 13.8 Å². The van der Waals surface area contributed by atoms with Crippen molar-refractivity contribution < 1.29 is 14.3 Å². The zero-order chi connectivity index (χ0) is 13.6. The van der Waals surface area contributed by atoms with E-state index in [-0.39, 0.29) is 12.1 Å². The highest BCUT2D eigenvalue weighted by Crippen LogP contribution is 2.05. The zero-order valence-corrected chi connectivity index (χ0v) is 12.4. The Morgan fingerprint density at radius 2 is 1.67 bits per heavy atom. The summed E-state index contributed by atoms with van der Waals surface area (Å²) >= 11 is 0. The summed E-state index contributed by atoms with van der Waals surface area (Å²) in [6.07, 6.45) is 8.83. The van der Waals surface area contributed by atoms with Crippen molar-refractivity contribution in [3.8, 4) is 0 Å². The molecule has 0 saturated heterocycles. The molecule has 0 aliphatic heterocycles. The number of carbonyl (C=O) groups is 1. The van der Waals surface area contributed by atoms with E-state index < -0.39 is 0 Å². The van der Waals surface area contributed by atoms with Gasteiger partial charge in [0.1, 0.15) is 6.10 Å².